The number of benzene rings is 1. The molecular formula is C18H29N3. The summed E-state index contributed by atoms with van der Waals surface area (Å²) in [5, 5.41) is 0. The number of nitrogens with two attached hydrogens (primary N) is 1. The van der Waals surface area contributed by atoms with Crippen LogP contribution in [0, 0.1) is 6.92 Å². The fourth-order valence-electron chi connectivity index (χ4n) is 4.50. The number of hydrogen-bond donors (Lipinski definition) is 2. The number of rotatable bonds is 5. The first-order chi connectivity index (χ1) is 10.3. The first kappa shape index (κ1) is 15.0. The number of nitrogens with zero attached hydrogens (tertiary/aromatic N) is 1. The maximum atomic E-state index is 6.03. The highest BCUT2D eigenvalue weighted by atomic mass is 15.3. The maximum absolute atomic E-state index is 6.03. The molecule has 0 aromatic heterocycles. The highest BCUT2D eigenvalue weighted by molar-refractivity contribution is 5.27. The van der Waals surface area contributed by atoms with Gasteiger partial charge < -0.3 is 0 Å². The van der Waals surface area contributed by atoms with E-state index in [0.717, 1.165) is 6.42 Å². The van der Waals surface area contributed by atoms with E-state index in [1.165, 1.54) is 62.7 Å². The molecule has 1 aliphatic carbocycles. The summed E-state index contributed by atoms with van der Waals surface area (Å²) in [6.07, 6.45) is 9.04. The average molecular weight is 287 g/mol. The normalized spacial score (nSPS) is 23.5. The van der Waals surface area contributed by atoms with Crippen LogP contribution in [0.15, 0.2) is 24.3 Å². The van der Waals surface area contributed by atoms with Gasteiger partial charge in [-0.1, -0.05) is 37.1 Å². The van der Waals surface area contributed by atoms with Gasteiger partial charge in [-0.25, -0.2) is 0 Å². The SMILES string of the molecule is Cc1ccccc1CC(NN)C1(N2CCCC2)CCCC1. The minimum Gasteiger partial charge on any atom is -0.296 e. The Hall–Kier alpha value is -0.900. The van der Waals surface area contributed by atoms with Crippen molar-refractivity contribution in [2.24, 2.45) is 5.84 Å². The molecule has 21 heavy (non-hydrogen) atoms. The van der Waals surface area contributed by atoms with E-state index in [1.807, 2.05) is 0 Å². The molecule has 1 saturated heterocycles. The molecule has 0 amide bonds. The highest BCUT2D eigenvalue weighted by Gasteiger charge is 2.46. The molecule has 3 rings (SSSR count). The number of hydrazine groups is 1. The number of aryl methyl sites for hydroxylation is 1. The minimum atomic E-state index is 0.285. The predicted octanol–water partition coefficient (Wildman–Crippen LogP) is 2.78. The molecule has 0 spiro atoms. The van der Waals surface area contributed by atoms with Gasteiger partial charge in [0.1, 0.15) is 0 Å². The lowest BCUT2D eigenvalue weighted by molar-refractivity contribution is 0.0766. The van der Waals surface area contributed by atoms with Crippen LogP contribution in [0.4, 0.5) is 0 Å². The molecule has 1 aliphatic heterocycles. The zero-order valence-electron chi connectivity index (χ0n) is 13.3. The van der Waals surface area contributed by atoms with Crippen LogP contribution in [0.5, 0.6) is 0 Å². The van der Waals surface area contributed by atoms with Gasteiger partial charge in [0.25, 0.3) is 0 Å². The van der Waals surface area contributed by atoms with Crippen molar-refractivity contribution in [3.63, 3.8) is 0 Å². The molecule has 0 bridgehead atoms. The van der Waals surface area contributed by atoms with E-state index in [9.17, 15) is 0 Å². The molecule has 1 atom stereocenters. The Labute approximate surface area is 128 Å². The van der Waals surface area contributed by atoms with Gasteiger partial charge in [-0.05, 0) is 63.2 Å². The first-order valence-electron chi connectivity index (χ1n) is 8.52. The van der Waals surface area contributed by atoms with Gasteiger partial charge in [-0.3, -0.25) is 16.2 Å². The lowest BCUT2D eigenvalue weighted by Gasteiger charge is -2.45. The lowest BCUT2D eigenvalue weighted by atomic mass is 9.82. The zero-order valence-corrected chi connectivity index (χ0v) is 13.3. The van der Waals surface area contributed by atoms with E-state index in [4.69, 9.17) is 5.84 Å². The fourth-order valence-corrected chi connectivity index (χ4v) is 4.50. The van der Waals surface area contributed by atoms with Crippen molar-refractivity contribution in [1.82, 2.24) is 10.3 Å². The van der Waals surface area contributed by atoms with E-state index < -0.39 is 0 Å². The zero-order chi connectivity index (χ0) is 14.7. The molecule has 1 unspecified atom stereocenters. The Kier molecular flexibility index (Phi) is 4.63. The van der Waals surface area contributed by atoms with Crippen molar-refractivity contribution >= 4 is 0 Å². The Morgan fingerprint density at radius 3 is 2.43 bits per heavy atom. The van der Waals surface area contributed by atoms with Crippen LogP contribution >= 0.6 is 0 Å². The van der Waals surface area contributed by atoms with Crippen molar-refractivity contribution in [3.05, 3.63) is 35.4 Å². The molecular weight excluding hydrogens is 258 g/mol. The van der Waals surface area contributed by atoms with E-state index in [0.29, 0.717) is 6.04 Å². The number of likely N-dealkylation sites (tertiary alicyclic amines) is 1. The average Bonchev–Trinajstić information content (AvgIpc) is 3.18. The molecule has 3 N–H and O–H groups in total. The number of nitrogens with one attached hydrogen (secondary N) is 1. The van der Waals surface area contributed by atoms with Gasteiger partial charge in [0, 0.05) is 11.6 Å². The molecule has 3 nitrogen and oxygen atoms in total. The van der Waals surface area contributed by atoms with E-state index in [1.54, 1.807) is 0 Å². The highest BCUT2D eigenvalue weighted by Crippen LogP contribution is 2.41. The van der Waals surface area contributed by atoms with Crippen molar-refractivity contribution in [1.29, 1.82) is 0 Å². The van der Waals surface area contributed by atoms with Gasteiger partial charge in [-0.2, -0.15) is 0 Å². The Morgan fingerprint density at radius 2 is 1.81 bits per heavy atom. The van der Waals surface area contributed by atoms with E-state index in [2.05, 4.69) is 41.5 Å². The smallest absolute Gasteiger partial charge is 0.0435 e. The quantitative estimate of drug-likeness (QED) is 0.646. The fraction of sp³-hybridized carbons (Fsp3) is 0.667. The van der Waals surface area contributed by atoms with Crippen molar-refractivity contribution in [3.8, 4) is 0 Å². The topological polar surface area (TPSA) is 41.3 Å². The van der Waals surface area contributed by atoms with Crippen LogP contribution in [-0.4, -0.2) is 29.6 Å². The standard InChI is InChI=1S/C18H29N3/c1-15-8-2-3-9-16(15)14-17(20-19)18(10-4-5-11-18)21-12-6-7-13-21/h2-3,8-9,17,20H,4-7,10-14,19H2,1H3. The molecule has 2 fully saturated rings. The van der Waals surface area contributed by atoms with Crippen molar-refractivity contribution in [2.75, 3.05) is 13.1 Å². The summed E-state index contributed by atoms with van der Waals surface area (Å²) in [6, 6.07) is 9.09. The second-order valence-corrected chi connectivity index (χ2v) is 6.85. The summed E-state index contributed by atoms with van der Waals surface area (Å²) in [4.78, 5) is 2.74. The molecule has 1 aromatic carbocycles. The van der Waals surface area contributed by atoms with Gasteiger partial charge in [-0.15, -0.1) is 0 Å². The number of hydrogen-bond acceptors (Lipinski definition) is 3. The predicted molar refractivity (Wildman–Crippen MR) is 88.0 cm³/mol. The summed E-state index contributed by atoms with van der Waals surface area (Å²) < 4.78 is 0. The lowest BCUT2D eigenvalue weighted by Crippen LogP contribution is -2.61. The second-order valence-electron chi connectivity index (χ2n) is 6.85. The third-order valence-corrected chi connectivity index (χ3v) is 5.74. The second kappa shape index (κ2) is 6.47. The van der Waals surface area contributed by atoms with Crippen molar-refractivity contribution < 1.29 is 0 Å². The van der Waals surface area contributed by atoms with Crippen molar-refractivity contribution in [2.45, 2.75) is 63.5 Å². The van der Waals surface area contributed by atoms with E-state index >= 15 is 0 Å². The third kappa shape index (κ3) is 2.87. The van der Waals surface area contributed by atoms with Crippen LogP contribution in [0.2, 0.25) is 0 Å². The van der Waals surface area contributed by atoms with Gasteiger partial charge >= 0.3 is 0 Å². The Bertz CT molecular complexity index is 459. The Morgan fingerprint density at radius 1 is 1.14 bits per heavy atom. The monoisotopic (exact) mass is 287 g/mol. The molecule has 0 radical (unpaired) electrons. The first-order valence-corrected chi connectivity index (χ1v) is 8.52. The van der Waals surface area contributed by atoms with Crippen LogP contribution in [0.1, 0.15) is 49.7 Å². The van der Waals surface area contributed by atoms with Crippen LogP contribution < -0.4 is 11.3 Å². The maximum Gasteiger partial charge on any atom is 0.0435 e. The summed E-state index contributed by atoms with van der Waals surface area (Å²) in [5.41, 5.74) is 6.30. The molecule has 3 heteroatoms. The van der Waals surface area contributed by atoms with E-state index in [-0.39, 0.29) is 5.54 Å². The molecule has 1 saturated carbocycles. The van der Waals surface area contributed by atoms with Crippen LogP contribution in [-0.2, 0) is 6.42 Å². The Balaban J connectivity index is 1.84. The van der Waals surface area contributed by atoms with Gasteiger partial charge in [0.2, 0.25) is 0 Å². The third-order valence-electron chi connectivity index (χ3n) is 5.74. The summed E-state index contributed by atoms with van der Waals surface area (Å²) in [7, 11) is 0. The summed E-state index contributed by atoms with van der Waals surface area (Å²) in [5.74, 6) is 6.03. The van der Waals surface area contributed by atoms with Gasteiger partial charge in [0.05, 0.1) is 0 Å². The molecule has 1 aromatic rings. The molecule has 2 aliphatic rings. The van der Waals surface area contributed by atoms with Gasteiger partial charge in [0.15, 0.2) is 0 Å². The minimum absolute atomic E-state index is 0.285. The van der Waals surface area contributed by atoms with Crippen LogP contribution in [0.3, 0.4) is 0 Å². The van der Waals surface area contributed by atoms with Crippen LogP contribution in [0.25, 0.3) is 0 Å². The summed E-state index contributed by atoms with van der Waals surface area (Å²) >= 11 is 0. The molecule has 116 valence electrons. The molecule has 1 heterocycles. The largest absolute Gasteiger partial charge is 0.296 e. The summed E-state index contributed by atoms with van der Waals surface area (Å²) in [6.45, 7) is 4.72.